The summed E-state index contributed by atoms with van der Waals surface area (Å²) >= 11 is 0. The smallest absolute Gasteiger partial charge is 0.416 e. The fourth-order valence-electron chi connectivity index (χ4n) is 6.63. The zero-order valence-corrected chi connectivity index (χ0v) is 26.0. The summed E-state index contributed by atoms with van der Waals surface area (Å²) in [4.78, 5) is 21.3. The lowest BCUT2D eigenvalue weighted by molar-refractivity contribution is -0.143. The van der Waals surface area contributed by atoms with E-state index in [1.807, 2.05) is 0 Å². The number of aromatic nitrogens is 1. The fourth-order valence-corrected chi connectivity index (χ4v) is 6.63. The fraction of sp³-hybridized carbons (Fsp3) is 0.286. The van der Waals surface area contributed by atoms with Crippen LogP contribution in [-0.4, -0.2) is 28.9 Å². The molecule has 1 fully saturated rings. The number of carbonyl (C=O) groups is 1. The van der Waals surface area contributed by atoms with Crippen LogP contribution in [0.1, 0.15) is 68.6 Å². The number of fused-ring (bicyclic) bond motifs is 1. The summed E-state index contributed by atoms with van der Waals surface area (Å²) in [5.74, 6) is -2.77. The number of aryl methyl sites for hydroxylation is 1. The maximum absolute atomic E-state index is 14.1. The van der Waals surface area contributed by atoms with Gasteiger partial charge in [-0.1, -0.05) is 17.3 Å². The van der Waals surface area contributed by atoms with Gasteiger partial charge in [0, 0.05) is 29.2 Å². The summed E-state index contributed by atoms with van der Waals surface area (Å²) in [5.41, 5.74) is -1.88. The van der Waals surface area contributed by atoms with Gasteiger partial charge in [0.2, 0.25) is 5.88 Å². The maximum Gasteiger partial charge on any atom is 0.416 e. The second-order valence-corrected chi connectivity index (χ2v) is 12.0. The normalized spacial score (nSPS) is 19.2. The molecule has 6 rings (SSSR count). The molecule has 1 aliphatic carbocycles. The van der Waals surface area contributed by atoms with Crippen molar-refractivity contribution in [2.24, 2.45) is 11.1 Å². The van der Waals surface area contributed by atoms with E-state index in [2.05, 4.69) is 10.1 Å². The number of carboxylic acid groups (broad SMARTS) is 1. The van der Waals surface area contributed by atoms with E-state index in [-0.39, 0.29) is 52.8 Å². The average molecular weight is 709 g/mol. The molecule has 262 valence electrons. The monoisotopic (exact) mass is 708 g/mol. The molecule has 3 atom stereocenters. The first-order valence-electron chi connectivity index (χ1n) is 15.0. The second kappa shape index (κ2) is 12.4. The molecule has 6 nitrogen and oxygen atoms in total. The number of oxime groups is 1. The van der Waals surface area contributed by atoms with Crippen LogP contribution in [0.15, 0.2) is 72.0 Å². The molecule has 1 saturated carbocycles. The number of halogens is 9. The number of rotatable bonds is 6. The Morgan fingerprint density at radius 3 is 2.02 bits per heavy atom. The van der Waals surface area contributed by atoms with E-state index in [4.69, 9.17) is 9.57 Å². The molecule has 2 aliphatic rings. The van der Waals surface area contributed by atoms with Crippen LogP contribution in [0.3, 0.4) is 0 Å². The molecule has 0 spiro atoms. The van der Waals surface area contributed by atoms with Crippen molar-refractivity contribution in [2.75, 3.05) is 7.11 Å². The minimum atomic E-state index is -5.10. The quantitative estimate of drug-likeness (QED) is 0.202. The minimum absolute atomic E-state index is 0.00410. The van der Waals surface area contributed by atoms with E-state index in [0.717, 1.165) is 12.1 Å². The highest BCUT2D eigenvalue weighted by Crippen LogP contribution is 2.51. The van der Waals surface area contributed by atoms with Crippen molar-refractivity contribution in [1.29, 1.82) is 0 Å². The lowest BCUT2D eigenvalue weighted by atomic mass is 9.84. The molecule has 4 aromatic rings. The molecule has 50 heavy (non-hydrogen) atoms. The number of hydrogen-bond acceptors (Lipinski definition) is 5. The van der Waals surface area contributed by atoms with E-state index in [0.29, 0.717) is 28.8 Å². The van der Waals surface area contributed by atoms with Gasteiger partial charge >= 0.3 is 24.5 Å². The summed E-state index contributed by atoms with van der Waals surface area (Å²) < 4.78 is 129. The van der Waals surface area contributed by atoms with Gasteiger partial charge in [-0.2, -0.15) is 39.5 Å². The number of nitrogens with zero attached hydrogens (tertiary/aromatic N) is 2. The van der Waals surface area contributed by atoms with Crippen LogP contribution in [0.5, 0.6) is 5.88 Å². The number of carboxylic acids is 1. The second-order valence-electron chi connectivity index (χ2n) is 12.0. The Kier molecular flexibility index (Phi) is 8.59. The molecule has 3 aromatic carbocycles. The maximum atomic E-state index is 14.1. The highest BCUT2D eigenvalue weighted by Gasteiger charge is 2.47. The number of hydrogen-bond donors (Lipinski definition) is 1. The van der Waals surface area contributed by atoms with E-state index >= 15 is 0 Å². The molecule has 0 unspecified atom stereocenters. The predicted octanol–water partition coefficient (Wildman–Crippen LogP) is 10.1. The van der Waals surface area contributed by atoms with E-state index in [1.54, 1.807) is 19.1 Å². The number of ether oxygens (including phenoxy) is 1. The first kappa shape index (κ1) is 34.8. The van der Waals surface area contributed by atoms with Crippen LogP contribution in [0.4, 0.5) is 39.5 Å². The third-order valence-corrected chi connectivity index (χ3v) is 8.95. The number of pyridine rings is 1. The molecular weight excluding hydrogens is 683 g/mol. The Labute approximate surface area is 278 Å². The Balaban J connectivity index is 1.44. The van der Waals surface area contributed by atoms with Crippen LogP contribution in [0, 0.1) is 12.8 Å². The Bertz CT molecular complexity index is 1990. The lowest BCUT2D eigenvalue weighted by Gasteiger charge is -2.21. The highest BCUT2D eigenvalue weighted by atomic mass is 19.4. The van der Waals surface area contributed by atoms with Crippen LogP contribution < -0.4 is 4.74 Å². The van der Waals surface area contributed by atoms with Crippen LogP contribution >= 0.6 is 0 Å². The van der Waals surface area contributed by atoms with Gasteiger partial charge in [-0.25, -0.2) is 9.78 Å². The highest BCUT2D eigenvalue weighted by molar-refractivity contribution is 5.98. The van der Waals surface area contributed by atoms with Gasteiger partial charge in [-0.15, -0.1) is 0 Å². The molecule has 0 saturated heterocycles. The van der Waals surface area contributed by atoms with Gasteiger partial charge in [-0.3, -0.25) is 0 Å². The van der Waals surface area contributed by atoms with Gasteiger partial charge in [0.15, 0.2) is 6.10 Å². The third-order valence-electron chi connectivity index (χ3n) is 8.95. The largest absolute Gasteiger partial charge is 0.481 e. The van der Waals surface area contributed by atoms with E-state index in [9.17, 15) is 49.4 Å². The first-order valence-corrected chi connectivity index (χ1v) is 15.0. The third kappa shape index (κ3) is 6.48. The number of benzene rings is 3. The topological polar surface area (TPSA) is 81.0 Å². The zero-order chi connectivity index (χ0) is 36.3. The van der Waals surface area contributed by atoms with Crippen molar-refractivity contribution in [2.45, 2.75) is 50.3 Å². The van der Waals surface area contributed by atoms with Crippen molar-refractivity contribution in [3.05, 3.63) is 106 Å². The Morgan fingerprint density at radius 2 is 1.44 bits per heavy atom. The number of alkyl halides is 9. The summed E-state index contributed by atoms with van der Waals surface area (Å²) in [6, 6.07) is 10.2. The van der Waals surface area contributed by atoms with E-state index in [1.165, 1.54) is 31.5 Å². The van der Waals surface area contributed by atoms with Crippen molar-refractivity contribution >= 4 is 11.7 Å². The van der Waals surface area contributed by atoms with Crippen molar-refractivity contribution in [3.8, 4) is 28.1 Å². The lowest BCUT2D eigenvalue weighted by Crippen LogP contribution is -2.18. The summed E-state index contributed by atoms with van der Waals surface area (Å²) in [6.07, 6.45) is -14.5. The Morgan fingerprint density at radius 1 is 0.800 bits per heavy atom. The average Bonchev–Trinajstić information content (AvgIpc) is 3.65. The molecule has 0 radical (unpaired) electrons. The molecule has 0 amide bonds. The first-order chi connectivity index (χ1) is 23.4. The van der Waals surface area contributed by atoms with Gasteiger partial charge < -0.3 is 14.7 Å². The molecule has 0 bridgehead atoms. The van der Waals surface area contributed by atoms with Crippen molar-refractivity contribution < 1.29 is 59.0 Å². The summed E-state index contributed by atoms with van der Waals surface area (Å²) in [7, 11) is 1.32. The van der Waals surface area contributed by atoms with Crippen LogP contribution in [-0.2, 0) is 23.4 Å². The molecular formula is C35H25F9N2O4. The Hall–Kier alpha value is -5.08. The van der Waals surface area contributed by atoms with Crippen LogP contribution in [0.2, 0.25) is 0 Å². The van der Waals surface area contributed by atoms with Gasteiger partial charge in [0.1, 0.15) is 0 Å². The number of methoxy groups -OCH3 is 1. The van der Waals surface area contributed by atoms with Gasteiger partial charge in [0.05, 0.1) is 35.1 Å². The standard InChI is InChI=1S/C35H25F9N2O4/c1-16-9-17(32(47)48)3-5-23(16)19-12-28(31(49-2)45-15-19)24-6-4-20(33(36,37)38)14-27(24)25-7-8-26-29(25)46-50-30(26)18-10-21(34(39,40)41)13-22(11-18)35(42,43)44/h3-6,9-15,25-26,30H,7-8H2,1-2H3,(H,47,48)/t25-,26+,30+/m1/s1. The minimum Gasteiger partial charge on any atom is -0.481 e. The molecule has 15 heteroatoms. The SMILES string of the molecule is COc1ncc(-c2ccc(C(=O)O)cc2C)cc1-c1ccc(C(F)(F)F)cc1[C@H]1CC[C@H]2C1=NO[C@H]2c1cc(C(F)(F)F)cc(C(F)(F)F)c1. The molecule has 1 N–H and O–H groups in total. The van der Waals surface area contributed by atoms with Crippen molar-refractivity contribution in [1.82, 2.24) is 4.98 Å². The molecule has 1 aliphatic heterocycles. The van der Waals surface area contributed by atoms with Crippen LogP contribution in [0.25, 0.3) is 22.3 Å². The summed E-state index contributed by atoms with van der Waals surface area (Å²) in [6.45, 7) is 1.69. The molecule has 2 heterocycles. The molecule has 1 aromatic heterocycles. The predicted molar refractivity (Wildman–Crippen MR) is 162 cm³/mol. The van der Waals surface area contributed by atoms with Crippen molar-refractivity contribution in [3.63, 3.8) is 0 Å². The zero-order valence-electron chi connectivity index (χ0n) is 26.0. The van der Waals surface area contributed by atoms with Gasteiger partial charge in [0.25, 0.3) is 0 Å². The van der Waals surface area contributed by atoms with Gasteiger partial charge in [-0.05, 0) is 96.1 Å². The summed E-state index contributed by atoms with van der Waals surface area (Å²) in [5, 5.41) is 13.4. The van der Waals surface area contributed by atoms with E-state index < -0.39 is 64.7 Å². The number of aromatic carboxylic acids is 1.